The van der Waals surface area contributed by atoms with Crippen LogP contribution >= 0.6 is 0 Å². The van der Waals surface area contributed by atoms with Crippen molar-refractivity contribution >= 4 is 15.7 Å². The standard InChI is InChI=1S/C18H21FN2O4S/c1-25-10-18-13-5-15(17(22)6-13)16(18)9-21(26(18,23)24)14-3-2-11(8-20)12(4-14)7-19/h2-4,13,15-17,22H,5-7,9-10H2,1H3/t13-,15-,16-,17+,18+/m0/s1. The number of anilines is 1. The summed E-state index contributed by atoms with van der Waals surface area (Å²) < 4.78 is 46.0. The van der Waals surface area contributed by atoms with Crippen LogP contribution in [-0.4, -0.2) is 44.6 Å². The number of alkyl halides is 1. The van der Waals surface area contributed by atoms with Crippen molar-refractivity contribution in [2.45, 2.75) is 30.4 Å². The molecule has 0 aromatic heterocycles. The van der Waals surface area contributed by atoms with Crippen molar-refractivity contribution in [3.05, 3.63) is 29.3 Å². The number of aliphatic hydroxyl groups is 1. The van der Waals surface area contributed by atoms with E-state index in [0.717, 1.165) is 0 Å². The van der Waals surface area contributed by atoms with E-state index in [4.69, 9.17) is 10.00 Å². The van der Waals surface area contributed by atoms with Gasteiger partial charge in [0.15, 0.2) is 0 Å². The molecule has 0 unspecified atom stereocenters. The van der Waals surface area contributed by atoms with Gasteiger partial charge in [0.05, 0.1) is 30.0 Å². The van der Waals surface area contributed by atoms with Gasteiger partial charge in [0.25, 0.3) is 0 Å². The Kier molecular flexibility index (Phi) is 4.03. The van der Waals surface area contributed by atoms with Crippen molar-refractivity contribution in [2.24, 2.45) is 17.8 Å². The molecule has 26 heavy (non-hydrogen) atoms. The first-order valence-electron chi connectivity index (χ1n) is 8.69. The number of sulfonamides is 1. The number of methoxy groups -OCH3 is 1. The monoisotopic (exact) mass is 380 g/mol. The van der Waals surface area contributed by atoms with Gasteiger partial charge >= 0.3 is 0 Å². The van der Waals surface area contributed by atoms with Crippen LogP contribution in [-0.2, 0) is 21.4 Å². The molecule has 3 fully saturated rings. The van der Waals surface area contributed by atoms with Crippen molar-refractivity contribution in [3.8, 4) is 6.07 Å². The fraction of sp³-hybridized carbons (Fsp3) is 0.611. The molecule has 2 saturated carbocycles. The molecule has 1 saturated heterocycles. The molecule has 8 heteroatoms. The van der Waals surface area contributed by atoms with Crippen LogP contribution in [0.15, 0.2) is 18.2 Å². The van der Waals surface area contributed by atoms with E-state index < -0.39 is 27.5 Å². The van der Waals surface area contributed by atoms with Crippen LogP contribution in [0.2, 0.25) is 0 Å². The van der Waals surface area contributed by atoms with Gasteiger partial charge in [-0.1, -0.05) is 0 Å². The Morgan fingerprint density at radius 1 is 1.46 bits per heavy atom. The molecule has 0 amide bonds. The van der Waals surface area contributed by atoms with E-state index in [1.54, 1.807) is 6.07 Å². The number of aliphatic hydroxyl groups excluding tert-OH is 1. The number of hydrogen-bond acceptors (Lipinski definition) is 5. The zero-order valence-electron chi connectivity index (χ0n) is 14.4. The van der Waals surface area contributed by atoms with Crippen molar-refractivity contribution in [1.29, 1.82) is 5.26 Å². The quantitative estimate of drug-likeness (QED) is 0.856. The minimum atomic E-state index is -3.75. The normalized spacial score (nSPS) is 36.9. The molecule has 1 aliphatic heterocycles. The zero-order chi connectivity index (χ0) is 18.7. The van der Waals surface area contributed by atoms with Gasteiger partial charge < -0.3 is 9.84 Å². The van der Waals surface area contributed by atoms with Crippen LogP contribution in [0.25, 0.3) is 0 Å². The summed E-state index contributed by atoms with van der Waals surface area (Å²) >= 11 is 0. The van der Waals surface area contributed by atoms with E-state index in [0.29, 0.717) is 18.5 Å². The average Bonchev–Trinajstić information content (AvgIpc) is 3.22. The summed E-state index contributed by atoms with van der Waals surface area (Å²) in [5.41, 5.74) is 0.756. The Bertz CT molecular complexity index is 884. The van der Waals surface area contributed by atoms with Crippen LogP contribution in [0.4, 0.5) is 10.1 Å². The molecule has 0 spiro atoms. The van der Waals surface area contributed by atoms with Crippen molar-refractivity contribution in [3.63, 3.8) is 0 Å². The van der Waals surface area contributed by atoms with E-state index in [-0.39, 0.29) is 42.0 Å². The predicted molar refractivity (Wildman–Crippen MR) is 92.6 cm³/mol. The second-order valence-electron chi connectivity index (χ2n) is 7.52. The Morgan fingerprint density at radius 2 is 2.23 bits per heavy atom. The summed E-state index contributed by atoms with van der Waals surface area (Å²) in [6, 6.07) is 6.37. The van der Waals surface area contributed by atoms with E-state index in [1.165, 1.54) is 23.5 Å². The Labute approximate surface area is 152 Å². The van der Waals surface area contributed by atoms with Crippen LogP contribution in [0.1, 0.15) is 24.0 Å². The van der Waals surface area contributed by atoms with E-state index in [9.17, 15) is 17.9 Å². The highest BCUT2D eigenvalue weighted by Gasteiger charge is 2.72. The molecular formula is C18H21FN2O4S. The van der Waals surface area contributed by atoms with Gasteiger partial charge in [0.1, 0.15) is 11.4 Å². The number of benzene rings is 1. The SMILES string of the molecule is COC[C@@]12[C@H]3C[C@H]([C@H](O)C3)[C@@H]1CN(c1ccc(C#N)c(CF)c1)S2(=O)=O. The molecule has 1 aromatic rings. The summed E-state index contributed by atoms with van der Waals surface area (Å²) in [5.74, 6) is -0.416. The molecule has 1 aromatic carbocycles. The first-order valence-corrected chi connectivity index (χ1v) is 10.1. The highest BCUT2D eigenvalue weighted by molar-refractivity contribution is 7.94. The van der Waals surface area contributed by atoms with Gasteiger partial charge in [-0.15, -0.1) is 0 Å². The van der Waals surface area contributed by atoms with Crippen LogP contribution in [0.3, 0.4) is 0 Å². The lowest BCUT2D eigenvalue weighted by Crippen LogP contribution is -2.53. The molecular weight excluding hydrogens is 359 g/mol. The zero-order valence-corrected chi connectivity index (χ0v) is 15.2. The van der Waals surface area contributed by atoms with Gasteiger partial charge in [0.2, 0.25) is 10.0 Å². The van der Waals surface area contributed by atoms with Crippen molar-refractivity contribution in [2.75, 3.05) is 24.6 Å². The van der Waals surface area contributed by atoms with Gasteiger partial charge in [-0.2, -0.15) is 5.26 Å². The minimum Gasteiger partial charge on any atom is -0.393 e. The lowest BCUT2D eigenvalue weighted by Gasteiger charge is -2.37. The number of halogens is 1. The summed E-state index contributed by atoms with van der Waals surface area (Å²) in [6.45, 7) is -0.487. The number of nitrogens with zero attached hydrogens (tertiary/aromatic N) is 2. The Balaban J connectivity index is 1.80. The maximum atomic E-state index is 13.5. The number of fused-ring (bicyclic) bond motifs is 5. The molecule has 1 heterocycles. The molecule has 1 N–H and O–H groups in total. The summed E-state index contributed by atoms with van der Waals surface area (Å²) in [7, 11) is -2.25. The van der Waals surface area contributed by atoms with Crippen molar-refractivity contribution in [1.82, 2.24) is 0 Å². The number of nitriles is 1. The first kappa shape index (κ1) is 17.7. The third-order valence-electron chi connectivity index (χ3n) is 6.56. The van der Waals surface area contributed by atoms with E-state index in [2.05, 4.69) is 0 Å². The van der Waals surface area contributed by atoms with Gasteiger partial charge in [0, 0.05) is 25.1 Å². The third kappa shape index (κ3) is 2.05. The molecule has 5 atom stereocenters. The van der Waals surface area contributed by atoms with Gasteiger partial charge in [-0.3, -0.25) is 4.31 Å². The molecule has 140 valence electrons. The number of rotatable bonds is 4. The van der Waals surface area contributed by atoms with Crippen LogP contribution < -0.4 is 4.31 Å². The maximum Gasteiger partial charge on any atom is 0.243 e. The molecule has 2 aliphatic carbocycles. The second kappa shape index (κ2) is 5.91. The summed E-state index contributed by atoms with van der Waals surface area (Å²) in [5, 5.41) is 19.4. The molecule has 3 aliphatic rings. The highest BCUT2D eigenvalue weighted by Crippen LogP contribution is 2.62. The topological polar surface area (TPSA) is 90.6 Å². The van der Waals surface area contributed by atoms with Gasteiger partial charge in [-0.05, 0) is 42.9 Å². The summed E-state index contributed by atoms with van der Waals surface area (Å²) in [6.07, 6.45) is 0.694. The number of hydrogen-bond donors (Lipinski definition) is 1. The van der Waals surface area contributed by atoms with Gasteiger partial charge in [-0.25, -0.2) is 12.8 Å². The number of ether oxygens (including phenoxy) is 1. The Hall–Kier alpha value is -1.69. The summed E-state index contributed by atoms with van der Waals surface area (Å²) in [4.78, 5) is 0. The van der Waals surface area contributed by atoms with E-state index in [1.807, 2.05) is 6.07 Å². The first-order chi connectivity index (χ1) is 12.4. The van der Waals surface area contributed by atoms with Crippen molar-refractivity contribution < 1.29 is 22.7 Å². The molecule has 6 nitrogen and oxygen atoms in total. The molecule has 2 bridgehead atoms. The fourth-order valence-corrected chi connectivity index (χ4v) is 8.11. The Morgan fingerprint density at radius 3 is 2.88 bits per heavy atom. The predicted octanol–water partition coefficient (Wildman–Crippen LogP) is 1.58. The largest absolute Gasteiger partial charge is 0.393 e. The fourth-order valence-electron chi connectivity index (χ4n) is 5.44. The highest BCUT2D eigenvalue weighted by atomic mass is 32.2. The van der Waals surface area contributed by atoms with Crippen LogP contribution in [0.5, 0.6) is 0 Å². The van der Waals surface area contributed by atoms with Crippen LogP contribution in [0, 0.1) is 29.1 Å². The third-order valence-corrected chi connectivity index (χ3v) is 9.21. The maximum absolute atomic E-state index is 13.5. The average molecular weight is 380 g/mol. The second-order valence-corrected chi connectivity index (χ2v) is 9.67. The van der Waals surface area contributed by atoms with E-state index >= 15 is 0 Å². The lowest BCUT2D eigenvalue weighted by atomic mass is 9.77. The molecule has 0 radical (unpaired) electrons. The minimum absolute atomic E-state index is 0.0612. The molecule has 4 rings (SSSR count). The smallest absolute Gasteiger partial charge is 0.243 e. The lowest BCUT2D eigenvalue weighted by molar-refractivity contribution is 0.0424.